The first kappa shape index (κ1) is 17.4. The Bertz CT molecular complexity index is 1040. The second-order valence-electron chi connectivity index (χ2n) is 8.24. The lowest BCUT2D eigenvalue weighted by molar-refractivity contribution is -0.132. The van der Waals surface area contributed by atoms with E-state index in [1.165, 1.54) is 0 Å². The van der Waals surface area contributed by atoms with Crippen molar-refractivity contribution in [1.29, 1.82) is 0 Å². The van der Waals surface area contributed by atoms with E-state index in [1.54, 1.807) is 0 Å². The summed E-state index contributed by atoms with van der Waals surface area (Å²) in [6.07, 6.45) is 3.07. The number of hydrogen-bond acceptors (Lipinski definition) is 5. The topological polar surface area (TPSA) is 66.6 Å². The molecule has 2 fully saturated rings. The van der Waals surface area contributed by atoms with Crippen molar-refractivity contribution >= 4 is 28.4 Å². The van der Waals surface area contributed by atoms with Gasteiger partial charge < -0.3 is 9.80 Å². The Hall–Kier alpha value is -2.70. The quantitative estimate of drug-likeness (QED) is 0.701. The average Bonchev–Trinajstić information content (AvgIpc) is 3.49. The van der Waals surface area contributed by atoms with E-state index in [9.17, 15) is 4.79 Å². The maximum Gasteiger partial charge on any atom is 0.225 e. The number of benzene rings is 1. The molecule has 1 saturated carbocycles. The van der Waals surface area contributed by atoms with Gasteiger partial charge in [0.05, 0.1) is 5.52 Å². The van der Waals surface area contributed by atoms with Crippen molar-refractivity contribution < 1.29 is 4.79 Å². The molecule has 28 heavy (non-hydrogen) atoms. The summed E-state index contributed by atoms with van der Waals surface area (Å²) in [6, 6.07) is 8.11. The van der Waals surface area contributed by atoms with Crippen molar-refractivity contribution in [1.82, 2.24) is 24.5 Å². The molecule has 0 unspecified atom stereocenters. The Morgan fingerprint density at radius 3 is 2.68 bits per heavy atom. The van der Waals surface area contributed by atoms with E-state index in [-0.39, 0.29) is 11.8 Å². The summed E-state index contributed by atoms with van der Waals surface area (Å²) >= 11 is 0. The second-order valence-corrected chi connectivity index (χ2v) is 8.24. The molecule has 1 amide bonds. The Morgan fingerprint density at radius 2 is 1.89 bits per heavy atom. The van der Waals surface area contributed by atoms with Gasteiger partial charge >= 0.3 is 0 Å². The molecule has 3 heterocycles. The van der Waals surface area contributed by atoms with Crippen LogP contribution in [0.5, 0.6) is 0 Å². The van der Waals surface area contributed by atoms with Crippen LogP contribution in [0.2, 0.25) is 0 Å². The molecule has 1 aromatic carbocycles. The van der Waals surface area contributed by atoms with Crippen LogP contribution >= 0.6 is 0 Å². The smallest absolute Gasteiger partial charge is 0.225 e. The summed E-state index contributed by atoms with van der Waals surface area (Å²) in [5, 5.41) is 10.0. The molecule has 0 radical (unpaired) electrons. The minimum absolute atomic E-state index is 0.247. The molecule has 2 aliphatic rings. The van der Waals surface area contributed by atoms with Gasteiger partial charge in [-0.1, -0.05) is 26.0 Å². The van der Waals surface area contributed by atoms with E-state index < -0.39 is 0 Å². The monoisotopic (exact) mass is 378 g/mol. The largest absolute Gasteiger partial charge is 0.341 e. The van der Waals surface area contributed by atoms with Gasteiger partial charge in [-0.2, -0.15) is 0 Å². The standard InChI is InChI=1S/C21H26N6O/c1-14(2)18-23-24-19-16-6-3-4-7-17(16)22-21(27(18)19)26-11-5-10-25(12-13-26)20(28)15-8-9-15/h3-4,6-7,14-15H,5,8-13H2,1-2H3. The molecule has 1 aliphatic carbocycles. The van der Waals surface area contributed by atoms with Gasteiger partial charge in [-0.05, 0) is 31.4 Å². The fourth-order valence-corrected chi connectivity index (χ4v) is 4.10. The molecule has 3 aromatic rings. The van der Waals surface area contributed by atoms with Gasteiger partial charge in [0.25, 0.3) is 0 Å². The van der Waals surface area contributed by atoms with Crippen molar-refractivity contribution in [2.45, 2.75) is 39.0 Å². The summed E-state index contributed by atoms with van der Waals surface area (Å²) in [5.41, 5.74) is 1.79. The molecular formula is C21H26N6O. The van der Waals surface area contributed by atoms with Crippen LogP contribution in [0.3, 0.4) is 0 Å². The predicted octanol–water partition coefficient (Wildman–Crippen LogP) is 2.85. The van der Waals surface area contributed by atoms with Crippen molar-refractivity contribution in [3.05, 3.63) is 30.1 Å². The maximum absolute atomic E-state index is 12.5. The minimum atomic E-state index is 0.247. The highest BCUT2D eigenvalue weighted by molar-refractivity contribution is 5.92. The fraction of sp³-hybridized carbons (Fsp3) is 0.524. The van der Waals surface area contributed by atoms with E-state index >= 15 is 0 Å². The van der Waals surface area contributed by atoms with E-state index in [0.29, 0.717) is 5.91 Å². The third-order valence-corrected chi connectivity index (χ3v) is 5.79. The van der Waals surface area contributed by atoms with E-state index in [2.05, 4.69) is 39.4 Å². The summed E-state index contributed by atoms with van der Waals surface area (Å²) in [4.78, 5) is 21.9. The van der Waals surface area contributed by atoms with Crippen molar-refractivity contribution in [2.75, 3.05) is 31.1 Å². The van der Waals surface area contributed by atoms with Crippen molar-refractivity contribution in [3.63, 3.8) is 0 Å². The summed E-state index contributed by atoms with van der Waals surface area (Å²) in [5.74, 6) is 2.69. The first-order chi connectivity index (χ1) is 13.6. The highest BCUT2D eigenvalue weighted by Gasteiger charge is 2.34. The Labute approximate surface area is 164 Å². The predicted molar refractivity (Wildman–Crippen MR) is 109 cm³/mol. The van der Waals surface area contributed by atoms with Gasteiger partial charge in [-0.3, -0.25) is 4.79 Å². The van der Waals surface area contributed by atoms with Crippen LogP contribution in [0.25, 0.3) is 16.6 Å². The van der Waals surface area contributed by atoms with Crippen LogP contribution in [0.1, 0.15) is 44.9 Å². The summed E-state index contributed by atoms with van der Waals surface area (Å²) < 4.78 is 2.12. The highest BCUT2D eigenvalue weighted by Crippen LogP contribution is 2.32. The van der Waals surface area contributed by atoms with Gasteiger partial charge in [0, 0.05) is 43.4 Å². The third kappa shape index (κ3) is 2.89. The van der Waals surface area contributed by atoms with Crippen LogP contribution < -0.4 is 4.90 Å². The number of para-hydroxylation sites is 1. The minimum Gasteiger partial charge on any atom is -0.341 e. The molecular weight excluding hydrogens is 352 g/mol. The number of amides is 1. The van der Waals surface area contributed by atoms with Crippen LogP contribution in [0.15, 0.2) is 24.3 Å². The number of fused-ring (bicyclic) bond motifs is 3. The first-order valence-electron chi connectivity index (χ1n) is 10.3. The van der Waals surface area contributed by atoms with Gasteiger partial charge in [0.1, 0.15) is 5.82 Å². The Kier molecular flexibility index (Phi) is 4.18. The van der Waals surface area contributed by atoms with E-state index in [0.717, 1.165) is 73.8 Å². The normalized spacial score (nSPS) is 18.2. The van der Waals surface area contributed by atoms with E-state index in [4.69, 9.17) is 4.98 Å². The molecule has 146 valence electrons. The van der Waals surface area contributed by atoms with Crippen molar-refractivity contribution in [3.8, 4) is 0 Å². The zero-order valence-corrected chi connectivity index (χ0v) is 16.5. The average molecular weight is 378 g/mol. The SMILES string of the molecule is CC(C)c1nnc2c3ccccc3nc(N3CCCN(C(=O)C4CC4)CC3)n12. The van der Waals surface area contributed by atoms with Crippen LogP contribution in [-0.2, 0) is 4.79 Å². The molecule has 2 aromatic heterocycles. The number of carbonyl (C=O) groups excluding carboxylic acids is 1. The highest BCUT2D eigenvalue weighted by atomic mass is 16.2. The van der Waals surface area contributed by atoms with Gasteiger partial charge in [-0.25, -0.2) is 9.38 Å². The summed E-state index contributed by atoms with van der Waals surface area (Å²) in [7, 11) is 0. The molecule has 1 aliphatic heterocycles. The Balaban J connectivity index is 1.56. The molecule has 7 heteroatoms. The number of rotatable bonds is 3. The van der Waals surface area contributed by atoms with Crippen LogP contribution in [0, 0.1) is 5.92 Å². The zero-order valence-electron chi connectivity index (χ0n) is 16.5. The van der Waals surface area contributed by atoms with Gasteiger partial charge in [0.2, 0.25) is 11.9 Å². The molecule has 0 spiro atoms. The maximum atomic E-state index is 12.5. The number of anilines is 1. The lowest BCUT2D eigenvalue weighted by Gasteiger charge is -2.24. The molecule has 5 rings (SSSR count). The molecule has 0 atom stereocenters. The number of carbonyl (C=O) groups is 1. The molecule has 7 nitrogen and oxygen atoms in total. The third-order valence-electron chi connectivity index (χ3n) is 5.79. The Morgan fingerprint density at radius 1 is 1.07 bits per heavy atom. The number of hydrogen-bond donors (Lipinski definition) is 0. The summed E-state index contributed by atoms with van der Waals surface area (Å²) in [6.45, 7) is 7.52. The first-order valence-corrected chi connectivity index (χ1v) is 10.3. The van der Waals surface area contributed by atoms with Crippen LogP contribution in [-0.4, -0.2) is 56.6 Å². The molecule has 0 N–H and O–H groups in total. The molecule has 0 bridgehead atoms. The number of nitrogens with zero attached hydrogens (tertiary/aromatic N) is 6. The number of aromatic nitrogens is 4. The lowest BCUT2D eigenvalue weighted by Crippen LogP contribution is -2.36. The lowest BCUT2D eigenvalue weighted by atomic mass is 10.2. The van der Waals surface area contributed by atoms with E-state index in [1.807, 2.05) is 23.1 Å². The molecule has 1 saturated heterocycles. The van der Waals surface area contributed by atoms with Gasteiger partial charge in [-0.15, -0.1) is 10.2 Å². The zero-order chi connectivity index (χ0) is 19.3. The van der Waals surface area contributed by atoms with Crippen molar-refractivity contribution in [2.24, 2.45) is 5.92 Å². The van der Waals surface area contributed by atoms with Gasteiger partial charge in [0.15, 0.2) is 5.65 Å². The van der Waals surface area contributed by atoms with Crippen LogP contribution in [0.4, 0.5) is 5.95 Å². The fourth-order valence-electron chi connectivity index (χ4n) is 4.10. The second kappa shape index (κ2) is 6.72.